The molecule has 2 heterocycles. The molecule has 2 aromatic carbocycles. The molecule has 0 radical (unpaired) electrons. The van der Waals surface area contributed by atoms with E-state index in [1.165, 1.54) is 16.9 Å². The van der Waals surface area contributed by atoms with Gasteiger partial charge in [-0.25, -0.2) is 4.98 Å². The molecule has 7 heteroatoms. The Balaban J connectivity index is 1.77. The maximum atomic E-state index is 13.4. The van der Waals surface area contributed by atoms with Crippen molar-refractivity contribution < 1.29 is 9.53 Å². The van der Waals surface area contributed by atoms with Crippen LogP contribution in [0.25, 0.3) is 10.2 Å². The van der Waals surface area contributed by atoms with Crippen LogP contribution in [0.2, 0.25) is 10.0 Å². The van der Waals surface area contributed by atoms with E-state index in [9.17, 15) is 4.79 Å². The van der Waals surface area contributed by atoms with Crippen LogP contribution < -0.4 is 4.90 Å². The number of hydrogen-bond donors (Lipinski definition) is 0. The number of aromatic nitrogens is 1. The van der Waals surface area contributed by atoms with Gasteiger partial charge < -0.3 is 4.74 Å². The van der Waals surface area contributed by atoms with E-state index in [1.54, 1.807) is 23.1 Å². The number of benzene rings is 2. The monoisotopic (exact) mass is 434 g/mol. The summed E-state index contributed by atoms with van der Waals surface area (Å²) in [6.45, 7) is 3.28. The lowest BCUT2D eigenvalue weighted by molar-refractivity contribution is 0.0917. The summed E-state index contributed by atoms with van der Waals surface area (Å²) < 4.78 is 6.85. The molecule has 1 aromatic heterocycles. The number of rotatable bonds is 5. The Hall–Kier alpha value is -1.66. The average molecular weight is 435 g/mol. The molecule has 1 aliphatic heterocycles. The van der Waals surface area contributed by atoms with Crippen molar-refractivity contribution in [1.82, 2.24) is 4.98 Å². The number of amides is 1. The van der Waals surface area contributed by atoms with E-state index in [1.807, 2.05) is 12.1 Å². The molecule has 0 N–H and O–H groups in total. The molecule has 146 valence electrons. The molecular formula is C21H20Cl2N2O2S. The fraction of sp³-hybridized carbons (Fsp3) is 0.333. The Morgan fingerprint density at radius 1 is 1.32 bits per heavy atom. The summed E-state index contributed by atoms with van der Waals surface area (Å²) in [5.41, 5.74) is 2.50. The minimum absolute atomic E-state index is 0.000400. The number of carbonyl (C=O) groups is 1. The lowest BCUT2D eigenvalue weighted by Crippen LogP contribution is -2.37. The van der Waals surface area contributed by atoms with Crippen molar-refractivity contribution in [3.63, 3.8) is 0 Å². The Labute approximate surface area is 178 Å². The maximum Gasteiger partial charge on any atom is 0.261 e. The molecule has 3 aromatic rings. The van der Waals surface area contributed by atoms with Crippen molar-refractivity contribution in [3.8, 4) is 0 Å². The molecule has 1 aliphatic rings. The highest BCUT2D eigenvalue weighted by Gasteiger charge is 2.28. The first kappa shape index (κ1) is 19.6. The van der Waals surface area contributed by atoms with E-state index >= 15 is 0 Å². The summed E-state index contributed by atoms with van der Waals surface area (Å²) in [6, 6.07) is 11.1. The van der Waals surface area contributed by atoms with Crippen molar-refractivity contribution in [2.24, 2.45) is 0 Å². The van der Waals surface area contributed by atoms with E-state index < -0.39 is 0 Å². The summed E-state index contributed by atoms with van der Waals surface area (Å²) in [5.74, 6) is -0.208. The topological polar surface area (TPSA) is 42.4 Å². The van der Waals surface area contributed by atoms with E-state index in [4.69, 9.17) is 32.9 Å². The first-order valence-corrected chi connectivity index (χ1v) is 10.9. The SMILES string of the molecule is CCc1cccc2sc(N(CC3CCCO3)C(=O)c3cc(Cl)ccc3Cl)nc12. The molecular weight excluding hydrogens is 415 g/mol. The van der Waals surface area contributed by atoms with Gasteiger partial charge in [0, 0.05) is 11.6 Å². The molecule has 0 spiro atoms. The molecule has 4 nitrogen and oxygen atoms in total. The van der Waals surface area contributed by atoms with Crippen LogP contribution in [-0.2, 0) is 11.2 Å². The number of hydrogen-bond acceptors (Lipinski definition) is 4. The lowest BCUT2D eigenvalue weighted by Gasteiger charge is -2.23. The predicted molar refractivity (Wildman–Crippen MR) is 116 cm³/mol. The van der Waals surface area contributed by atoms with Crippen LogP contribution in [0.15, 0.2) is 36.4 Å². The normalized spacial score (nSPS) is 16.6. The maximum absolute atomic E-state index is 13.4. The molecule has 1 amide bonds. The fourth-order valence-electron chi connectivity index (χ4n) is 3.44. The zero-order chi connectivity index (χ0) is 19.7. The molecule has 0 bridgehead atoms. The minimum Gasteiger partial charge on any atom is -0.376 e. The highest BCUT2D eigenvalue weighted by atomic mass is 35.5. The highest BCUT2D eigenvalue weighted by molar-refractivity contribution is 7.22. The van der Waals surface area contributed by atoms with Gasteiger partial charge >= 0.3 is 0 Å². The highest BCUT2D eigenvalue weighted by Crippen LogP contribution is 2.34. The number of anilines is 1. The van der Waals surface area contributed by atoms with Gasteiger partial charge in [0.05, 0.1) is 33.5 Å². The molecule has 1 saturated heterocycles. The second kappa shape index (κ2) is 8.37. The summed E-state index contributed by atoms with van der Waals surface area (Å²) in [5, 5.41) is 1.51. The number of para-hydroxylation sites is 1. The second-order valence-corrected chi connectivity index (χ2v) is 8.64. The summed E-state index contributed by atoms with van der Waals surface area (Å²) >= 11 is 13.9. The molecule has 1 unspecified atom stereocenters. The lowest BCUT2D eigenvalue weighted by atomic mass is 10.1. The second-order valence-electron chi connectivity index (χ2n) is 6.79. The van der Waals surface area contributed by atoms with Crippen molar-refractivity contribution in [1.29, 1.82) is 0 Å². The smallest absolute Gasteiger partial charge is 0.261 e. The van der Waals surface area contributed by atoms with E-state index in [0.717, 1.165) is 36.1 Å². The van der Waals surface area contributed by atoms with Gasteiger partial charge in [0.25, 0.3) is 5.91 Å². The van der Waals surface area contributed by atoms with Crippen molar-refractivity contribution in [2.75, 3.05) is 18.1 Å². The van der Waals surface area contributed by atoms with Crippen molar-refractivity contribution in [3.05, 3.63) is 57.6 Å². The van der Waals surface area contributed by atoms with Crippen LogP contribution in [0, 0.1) is 0 Å². The van der Waals surface area contributed by atoms with E-state index in [-0.39, 0.29) is 12.0 Å². The van der Waals surface area contributed by atoms with Gasteiger partial charge in [-0.2, -0.15) is 0 Å². The van der Waals surface area contributed by atoms with Gasteiger partial charge in [-0.1, -0.05) is 53.6 Å². The zero-order valence-corrected chi connectivity index (χ0v) is 17.8. The van der Waals surface area contributed by atoms with E-state index in [2.05, 4.69) is 13.0 Å². The van der Waals surface area contributed by atoms with Crippen LogP contribution in [0.3, 0.4) is 0 Å². The van der Waals surface area contributed by atoms with Crippen LogP contribution in [0.4, 0.5) is 5.13 Å². The Kier molecular flexibility index (Phi) is 5.88. The first-order chi connectivity index (χ1) is 13.6. The van der Waals surface area contributed by atoms with Crippen LogP contribution in [0.5, 0.6) is 0 Å². The van der Waals surface area contributed by atoms with Crippen LogP contribution in [-0.4, -0.2) is 30.1 Å². The summed E-state index contributed by atoms with van der Waals surface area (Å²) in [7, 11) is 0. The Morgan fingerprint density at radius 2 is 2.18 bits per heavy atom. The van der Waals surface area contributed by atoms with Crippen molar-refractivity contribution >= 4 is 55.8 Å². The number of carbonyl (C=O) groups excluding carboxylic acids is 1. The van der Waals surface area contributed by atoms with Gasteiger partial charge in [-0.15, -0.1) is 0 Å². The molecule has 1 atom stereocenters. The molecule has 0 saturated carbocycles. The largest absolute Gasteiger partial charge is 0.376 e. The average Bonchev–Trinajstić information content (AvgIpc) is 3.36. The van der Waals surface area contributed by atoms with Crippen LogP contribution in [0.1, 0.15) is 35.7 Å². The number of aryl methyl sites for hydroxylation is 1. The van der Waals surface area contributed by atoms with Gasteiger partial charge in [0.15, 0.2) is 5.13 Å². The third-order valence-corrected chi connectivity index (χ3v) is 6.53. The van der Waals surface area contributed by atoms with Gasteiger partial charge in [-0.3, -0.25) is 9.69 Å². The summed E-state index contributed by atoms with van der Waals surface area (Å²) in [6.07, 6.45) is 2.82. The third-order valence-electron chi connectivity index (χ3n) is 4.92. The predicted octanol–water partition coefficient (Wildman–Crippen LogP) is 5.99. The molecule has 4 rings (SSSR count). The number of ether oxygens (including phenoxy) is 1. The number of fused-ring (bicyclic) bond motifs is 1. The molecule has 1 fully saturated rings. The standard InChI is InChI=1S/C21H20Cl2N2O2S/c1-2-13-5-3-7-18-19(13)24-21(28-18)25(12-15-6-4-10-27-15)20(26)16-11-14(22)8-9-17(16)23/h3,5,7-9,11,15H,2,4,6,10,12H2,1H3. The van der Waals surface area contributed by atoms with E-state index in [0.29, 0.717) is 27.3 Å². The fourth-order valence-corrected chi connectivity index (χ4v) is 4.83. The number of halogens is 2. The van der Waals surface area contributed by atoms with Gasteiger partial charge in [0.2, 0.25) is 0 Å². The Bertz CT molecular complexity index is 1010. The van der Waals surface area contributed by atoms with Gasteiger partial charge in [-0.05, 0) is 49.1 Å². The molecule has 28 heavy (non-hydrogen) atoms. The third kappa shape index (κ3) is 3.90. The van der Waals surface area contributed by atoms with Crippen LogP contribution >= 0.6 is 34.5 Å². The zero-order valence-electron chi connectivity index (χ0n) is 15.5. The molecule has 0 aliphatic carbocycles. The Morgan fingerprint density at radius 3 is 2.93 bits per heavy atom. The van der Waals surface area contributed by atoms with Gasteiger partial charge in [0.1, 0.15) is 0 Å². The van der Waals surface area contributed by atoms with Crippen molar-refractivity contribution in [2.45, 2.75) is 32.3 Å². The number of thiazole rings is 1. The quantitative estimate of drug-likeness (QED) is 0.494. The number of nitrogens with zero attached hydrogens (tertiary/aromatic N) is 2. The summed E-state index contributed by atoms with van der Waals surface area (Å²) in [4.78, 5) is 19.9. The first-order valence-electron chi connectivity index (χ1n) is 9.33. The minimum atomic E-state index is -0.208.